The van der Waals surface area contributed by atoms with Gasteiger partial charge in [0.15, 0.2) is 5.82 Å². The van der Waals surface area contributed by atoms with Crippen LogP contribution in [0.25, 0.3) is 22.0 Å². The number of piperidine rings is 1. The molecule has 146 valence electrons. The summed E-state index contributed by atoms with van der Waals surface area (Å²) in [6.07, 6.45) is 2.91. The predicted molar refractivity (Wildman–Crippen MR) is 104 cm³/mol. The number of hydrogen-bond donors (Lipinski definition) is 1. The Hall–Kier alpha value is -2.87. The minimum atomic E-state index is -0.878. The van der Waals surface area contributed by atoms with Crippen molar-refractivity contribution in [2.45, 2.75) is 18.6 Å². The summed E-state index contributed by atoms with van der Waals surface area (Å²) in [6.45, 7) is 1.16. The lowest BCUT2D eigenvalue weighted by Gasteiger charge is -2.32. The third-order valence-corrected chi connectivity index (χ3v) is 4.92. The number of anilines is 1. The number of aromatic nitrogens is 3. The van der Waals surface area contributed by atoms with Gasteiger partial charge in [-0.25, -0.2) is 8.78 Å². The molecule has 4 rings (SSSR count). The lowest BCUT2D eigenvalue weighted by molar-refractivity contribution is 0.153. The van der Waals surface area contributed by atoms with E-state index in [0.29, 0.717) is 35.8 Å². The van der Waals surface area contributed by atoms with Crippen molar-refractivity contribution in [3.63, 3.8) is 0 Å². The molecule has 0 spiro atoms. The molecule has 1 aliphatic heterocycles. The SMILES string of the molecule is COc1cc(F)ccc1-c1nnc(N[C@@H]2C[C@@H](F)CN(C)C2)c2cnccc12. The molecule has 1 aliphatic rings. The van der Waals surface area contributed by atoms with Crippen LogP contribution in [0.15, 0.2) is 36.7 Å². The molecule has 6 nitrogen and oxygen atoms in total. The number of rotatable bonds is 4. The molecule has 3 heterocycles. The van der Waals surface area contributed by atoms with Gasteiger partial charge in [0.05, 0.1) is 7.11 Å². The molecule has 0 aliphatic carbocycles. The number of benzene rings is 1. The van der Waals surface area contributed by atoms with Gasteiger partial charge in [0.25, 0.3) is 0 Å². The molecule has 1 N–H and O–H groups in total. The molecule has 1 aromatic carbocycles. The van der Waals surface area contributed by atoms with Crippen molar-refractivity contribution in [2.75, 3.05) is 32.6 Å². The number of likely N-dealkylation sites (tertiary alicyclic amines) is 1. The lowest BCUT2D eigenvalue weighted by atomic mass is 10.0. The van der Waals surface area contributed by atoms with E-state index >= 15 is 0 Å². The molecule has 8 heteroatoms. The van der Waals surface area contributed by atoms with Crippen LogP contribution in [0.2, 0.25) is 0 Å². The molecule has 0 radical (unpaired) electrons. The zero-order valence-electron chi connectivity index (χ0n) is 15.7. The Morgan fingerprint density at radius 2 is 2.04 bits per heavy atom. The van der Waals surface area contributed by atoms with E-state index in [2.05, 4.69) is 20.5 Å². The maximum atomic E-state index is 13.9. The monoisotopic (exact) mass is 385 g/mol. The Labute approximate surface area is 161 Å². The van der Waals surface area contributed by atoms with Crippen LogP contribution in [0.4, 0.5) is 14.6 Å². The quantitative estimate of drug-likeness (QED) is 0.744. The molecule has 1 fully saturated rings. The maximum absolute atomic E-state index is 13.9. The van der Waals surface area contributed by atoms with Crippen LogP contribution in [0.5, 0.6) is 5.75 Å². The molecular weight excluding hydrogens is 364 g/mol. The van der Waals surface area contributed by atoms with Gasteiger partial charge in [-0.15, -0.1) is 10.2 Å². The molecule has 28 heavy (non-hydrogen) atoms. The third-order valence-electron chi connectivity index (χ3n) is 4.92. The number of hydrogen-bond acceptors (Lipinski definition) is 6. The first-order valence-corrected chi connectivity index (χ1v) is 9.08. The first-order valence-electron chi connectivity index (χ1n) is 9.08. The van der Waals surface area contributed by atoms with Crippen molar-refractivity contribution in [1.82, 2.24) is 20.1 Å². The Morgan fingerprint density at radius 1 is 1.18 bits per heavy atom. The topological polar surface area (TPSA) is 63.2 Å². The molecule has 0 unspecified atom stereocenters. The summed E-state index contributed by atoms with van der Waals surface area (Å²) >= 11 is 0. The number of pyridine rings is 1. The maximum Gasteiger partial charge on any atom is 0.158 e. The van der Waals surface area contributed by atoms with E-state index in [1.807, 2.05) is 18.0 Å². The summed E-state index contributed by atoms with van der Waals surface area (Å²) in [4.78, 5) is 6.16. The first-order chi connectivity index (χ1) is 13.5. The van der Waals surface area contributed by atoms with Crippen LogP contribution in [0, 0.1) is 5.82 Å². The molecule has 0 bridgehead atoms. The molecule has 2 aromatic heterocycles. The van der Waals surface area contributed by atoms with Gasteiger partial charge in [-0.3, -0.25) is 4.98 Å². The van der Waals surface area contributed by atoms with Crippen molar-refractivity contribution >= 4 is 16.6 Å². The van der Waals surface area contributed by atoms with Gasteiger partial charge in [0.2, 0.25) is 0 Å². The first kappa shape index (κ1) is 18.5. The smallest absolute Gasteiger partial charge is 0.158 e. The van der Waals surface area contributed by atoms with E-state index in [0.717, 1.165) is 17.3 Å². The number of nitrogens with one attached hydrogen (secondary N) is 1. The van der Waals surface area contributed by atoms with Crippen molar-refractivity contribution in [3.05, 3.63) is 42.5 Å². The summed E-state index contributed by atoms with van der Waals surface area (Å²) in [5, 5.41) is 13.6. The summed E-state index contributed by atoms with van der Waals surface area (Å²) in [5.74, 6) is 0.544. The third kappa shape index (κ3) is 3.60. The molecule has 1 saturated heterocycles. The number of likely N-dealkylation sites (N-methyl/N-ethyl adjacent to an activating group) is 1. The molecular formula is C20H21F2N5O. The molecule has 3 aromatic rings. The van der Waals surface area contributed by atoms with Gasteiger partial charge in [-0.1, -0.05) is 0 Å². The van der Waals surface area contributed by atoms with Gasteiger partial charge in [-0.2, -0.15) is 0 Å². The Bertz CT molecular complexity index is 989. The second kappa shape index (κ2) is 7.63. The molecule has 0 amide bonds. The fourth-order valence-corrected chi connectivity index (χ4v) is 3.71. The van der Waals surface area contributed by atoms with Crippen LogP contribution in [-0.4, -0.2) is 59.5 Å². The average Bonchev–Trinajstić information content (AvgIpc) is 2.68. The second-order valence-electron chi connectivity index (χ2n) is 7.06. The van der Waals surface area contributed by atoms with E-state index in [9.17, 15) is 8.78 Å². The predicted octanol–water partition coefficient (Wildman–Crippen LogP) is 3.29. The van der Waals surface area contributed by atoms with Crippen LogP contribution in [0.1, 0.15) is 6.42 Å². The van der Waals surface area contributed by atoms with E-state index < -0.39 is 6.17 Å². The van der Waals surface area contributed by atoms with E-state index in [4.69, 9.17) is 4.74 Å². The molecule has 0 saturated carbocycles. The summed E-state index contributed by atoms with van der Waals surface area (Å²) in [7, 11) is 3.38. The van der Waals surface area contributed by atoms with Gasteiger partial charge < -0.3 is 15.0 Å². The minimum absolute atomic E-state index is 0.0716. The number of alkyl halides is 1. The fraction of sp³-hybridized carbons (Fsp3) is 0.350. The number of halogens is 2. The van der Waals surface area contributed by atoms with Crippen molar-refractivity contribution in [3.8, 4) is 17.0 Å². The number of ether oxygens (including phenoxy) is 1. The zero-order valence-corrected chi connectivity index (χ0v) is 15.7. The van der Waals surface area contributed by atoms with Gasteiger partial charge in [-0.05, 0) is 25.2 Å². The van der Waals surface area contributed by atoms with Crippen molar-refractivity contribution < 1.29 is 13.5 Å². The number of nitrogens with zero attached hydrogens (tertiary/aromatic N) is 4. The number of methoxy groups -OCH3 is 1. The van der Waals surface area contributed by atoms with Crippen molar-refractivity contribution in [1.29, 1.82) is 0 Å². The number of fused-ring (bicyclic) bond motifs is 1. The van der Waals surface area contributed by atoms with Crippen molar-refractivity contribution in [2.24, 2.45) is 0 Å². The second-order valence-corrected chi connectivity index (χ2v) is 7.06. The largest absolute Gasteiger partial charge is 0.496 e. The minimum Gasteiger partial charge on any atom is -0.496 e. The highest BCUT2D eigenvalue weighted by Crippen LogP contribution is 2.35. The standard InChI is InChI=1S/C20H21F2N5O/c1-27-10-13(22)7-14(11-27)24-20-17-9-23-6-5-15(17)19(25-26-20)16-4-3-12(21)8-18(16)28-2/h3-6,8-9,13-14H,7,10-11H2,1-2H3,(H,24,26)/t13-,14-/m1/s1. The van der Waals surface area contributed by atoms with E-state index in [-0.39, 0.29) is 11.9 Å². The normalized spacial score (nSPS) is 20.3. The zero-order chi connectivity index (χ0) is 19.7. The van der Waals surface area contributed by atoms with Gasteiger partial charge >= 0.3 is 0 Å². The Kier molecular flexibility index (Phi) is 5.04. The Morgan fingerprint density at radius 3 is 2.82 bits per heavy atom. The average molecular weight is 385 g/mol. The van der Waals surface area contributed by atoms with Crippen LogP contribution < -0.4 is 10.1 Å². The molecule has 2 atom stereocenters. The highest BCUT2D eigenvalue weighted by molar-refractivity contribution is 6.00. The lowest BCUT2D eigenvalue weighted by Crippen LogP contribution is -2.45. The summed E-state index contributed by atoms with van der Waals surface area (Å²) < 4.78 is 32.8. The fourth-order valence-electron chi connectivity index (χ4n) is 3.71. The van der Waals surface area contributed by atoms with Gasteiger partial charge in [0, 0.05) is 60.3 Å². The highest BCUT2D eigenvalue weighted by Gasteiger charge is 2.26. The van der Waals surface area contributed by atoms with Crippen LogP contribution >= 0.6 is 0 Å². The van der Waals surface area contributed by atoms with E-state index in [1.54, 1.807) is 18.5 Å². The Balaban J connectivity index is 1.75. The summed E-state index contributed by atoms with van der Waals surface area (Å²) in [5.41, 5.74) is 1.21. The summed E-state index contributed by atoms with van der Waals surface area (Å²) in [6, 6.07) is 6.05. The van der Waals surface area contributed by atoms with E-state index in [1.165, 1.54) is 19.2 Å². The van der Waals surface area contributed by atoms with Crippen LogP contribution in [-0.2, 0) is 0 Å². The van der Waals surface area contributed by atoms with Crippen LogP contribution in [0.3, 0.4) is 0 Å². The van der Waals surface area contributed by atoms with Gasteiger partial charge in [0.1, 0.15) is 23.4 Å². The highest BCUT2D eigenvalue weighted by atomic mass is 19.1.